The van der Waals surface area contributed by atoms with Gasteiger partial charge in [-0.3, -0.25) is 4.90 Å². The van der Waals surface area contributed by atoms with Crippen molar-refractivity contribution in [3.63, 3.8) is 0 Å². The van der Waals surface area contributed by atoms with Crippen molar-refractivity contribution in [2.24, 2.45) is 0 Å². The van der Waals surface area contributed by atoms with Gasteiger partial charge in [-0.25, -0.2) is 4.39 Å². The topological polar surface area (TPSA) is 30.3 Å². The summed E-state index contributed by atoms with van der Waals surface area (Å²) in [6, 6.07) is 9.06. The fourth-order valence-corrected chi connectivity index (χ4v) is 2.58. The molecule has 0 spiro atoms. The number of piperazine rings is 1. The molecule has 0 amide bonds. The molecule has 1 aliphatic heterocycles. The monoisotopic (exact) mass is 261 g/mol. The number of rotatable bonds is 2. The molecule has 1 unspecified atom stereocenters. The van der Waals surface area contributed by atoms with E-state index >= 15 is 0 Å². The van der Waals surface area contributed by atoms with Crippen LogP contribution in [-0.2, 0) is 0 Å². The normalized spacial score (nSPS) is 23.1. The lowest BCUT2D eigenvalue weighted by atomic mass is 9.94. The first kappa shape index (κ1) is 13.8. The number of likely N-dealkylation sites (N-methyl/N-ethyl adjacent to an activating group) is 1. The molecule has 4 heteroatoms. The lowest BCUT2D eigenvalue weighted by Crippen LogP contribution is -2.62. The summed E-state index contributed by atoms with van der Waals surface area (Å²) in [6.07, 6.45) is 0.411. The highest BCUT2D eigenvalue weighted by Crippen LogP contribution is 2.30. The molecule has 2 rings (SSSR count). The predicted molar refractivity (Wildman–Crippen MR) is 74.5 cm³/mol. The van der Waals surface area contributed by atoms with E-state index in [1.165, 1.54) is 6.07 Å². The van der Waals surface area contributed by atoms with Crippen molar-refractivity contribution in [3.8, 4) is 6.07 Å². The molecule has 0 radical (unpaired) electrons. The molecule has 1 saturated heterocycles. The molecule has 102 valence electrons. The van der Waals surface area contributed by atoms with Crippen LogP contribution < -0.4 is 4.90 Å². The van der Waals surface area contributed by atoms with Crippen LogP contribution in [0.15, 0.2) is 24.3 Å². The molecule has 0 aliphatic carbocycles. The summed E-state index contributed by atoms with van der Waals surface area (Å²) in [5, 5.41) is 8.98. The van der Waals surface area contributed by atoms with Gasteiger partial charge >= 0.3 is 0 Å². The lowest BCUT2D eigenvalue weighted by Gasteiger charge is -2.50. The van der Waals surface area contributed by atoms with Crippen molar-refractivity contribution < 1.29 is 4.39 Å². The van der Waals surface area contributed by atoms with Gasteiger partial charge in [-0.1, -0.05) is 12.1 Å². The summed E-state index contributed by atoms with van der Waals surface area (Å²) in [6.45, 7) is 5.78. The van der Waals surface area contributed by atoms with Crippen molar-refractivity contribution in [1.29, 1.82) is 5.26 Å². The Morgan fingerprint density at radius 3 is 2.74 bits per heavy atom. The molecule has 0 N–H and O–H groups in total. The van der Waals surface area contributed by atoms with Gasteiger partial charge in [-0.15, -0.1) is 0 Å². The van der Waals surface area contributed by atoms with E-state index < -0.39 is 0 Å². The molecule has 0 bridgehead atoms. The van der Waals surface area contributed by atoms with Crippen LogP contribution in [0.1, 0.15) is 20.3 Å². The molecular formula is C15H20FN3. The second-order valence-corrected chi connectivity index (χ2v) is 5.79. The molecule has 1 aromatic rings. The number of hydrogen-bond acceptors (Lipinski definition) is 3. The fourth-order valence-electron chi connectivity index (χ4n) is 2.58. The Bertz CT molecular complexity index is 492. The molecule has 1 atom stereocenters. The summed E-state index contributed by atoms with van der Waals surface area (Å²) in [4.78, 5) is 4.28. The Hall–Kier alpha value is -1.60. The van der Waals surface area contributed by atoms with Gasteiger partial charge in [-0.05, 0) is 33.0 Å². The first-order valence-corrected chi connectivity index (χ1v) is 6.55. The Morgan fingerprint density at radius 1 is 1.42 bits per heavy atom. The minimum absolute atomic E-state index is 0.0335. The zero-order chi connectivity index (χ0) is 14.0. The number of para-hydroxylation sites is 1. The maximum absolute atomic E-state index is 14.0. The average molecular weight is 261 g/mol. The molecule has 3 nitrogen and oxygen atoms in total. The van der Waals surface area contributed by atoms with E-state index in [9.17, 15) is 4.39 Å². The number of nitrogens with zero attached hydrogens (tertiary/aromatic N) is 3. The smallest absolute Gasteiger partial charge is 0.146 e. The van der Waals surface area contributed by atoms with Crippen LogP contribution in [0.3, 0.4) is 0 Å². The average Bonchev–Trinajstić information content (AvgIpc) is 2.35. The lowest BCUT2D eigenvalue weighted by molar-refractivity contribution is 0.115. The summed E-state index contributed by atoms with van der Waals surface area (Å²) >= 11 is 0. The zero-order valence-corrected chi connectivity index (χ0v) is 11.7. The van der Waals surface area contributed by atoms with E-state index in [-0.39, 0.29) is 17.4 Å². The largest absolute Gasteiger partial charge is 0.362 e. The number of nitriles is 1. The van der Waals surface area contributed by atoms with E-state index in [1.54, 1.807) is 12.1 Å². The van der Waals surface area contributed by atoms with Gasteiger partial charge in [0.25, 0.3) is 0 Å². The first-order chi connectivity index (χ1) is 8.95. The second-order valence-electron chi connectivity index (χ2n) is 5.79. The molecule has 19 heavy (non-hydrogen) atoms. The van der Waals surface area contributed by atoms with Gasteiger partial charge in [0.1, 0.15) is 5.82 Å². The van der Waals surface area contributed by atoms with Crippen molar-refractivity contribution in [3.05, 3.63) is 30.1 Å². The highest BCUT2D eigenvalue weighted by atomic mass is 19.1. The number of halogens is 1. The zero-order valence-electron chi connectivity index (χ0n) is 11.7. The summed E-state index contributed by atoms with van der Waals surface area (Å²) in [5.41, 5.74) is 0.567. The van der Waals surface area contributed by atoms with Crippen LogP contribution in [0, 0.1) is 17.1 Å². The highest BCUT2D eigenvalue weighted by Gasteiger charge is 2.37. The minimum atomic E-state index is -0.217. The SMILES string of the molecule is CN1CC(CC#N)N(c2ccccc2F)CC1(C)C. The van der Waals surface area contributed by atoms with Crippen LogP contribution in [0.2, 0.25) is 0 Å². The molecule has 1 aliphatic rings. The molecular weight excluding hydrogens is 241 g/mol. The van der Waals surface area contributed by atoms with Gasteiger partial charge in [0.05, 0.1) is 24.2 Å². The van der Waals surface area contributed by atoms with Crippen LogP contribution in [0.4, 0.5) is 10.1 Å². The number of hydrogen-bond donors (Lipinski definition) is 0. The van der Waals surface area contributed by atoms with E-state index in [2.05, 4.69) is 31.9 Å². The van der Waals surface area contributed by atoms with E-state index in [0.29, 0.717) is 12.1 Å². The minimum Gasteiger partial charge on any atom is -0.362 e. The summed E-state index contributed by atoms with van der Waals surface area (Å²) in [5.74, 6) is -0.217. The summed E-state index contributed by atoms with van der Waals surface area (Å²) in [7, 11) is 2.06. The summed E-state index contributed by atoms with van der Waals surface area (Å²) < 4.78 is 14.0. The Morgan fingerprint density at radius 2 is 2.11 bits per heavy atom. The Kier molecular flexibility index (Phi) is 3.77. The molecule has 1 aromatic carbocycles. The van der Waals surface area contributed by atoms with Gasteiger partial charge in [0.15, 0.2) is 0 Å². The van der Waals surface area contributed by atoms with Crippen molar-refractivity contribution in [2.75, 3.05) is 25.0 Å². The third kappa shape index (κ3) is 2.71. The maximum atomic E-state index is 14.0. The third-order valence-electron chi connectivity index (χ3n) is 4.00. The van der Waals surface area contributed by atoms with E-state index in [4.69, 9.17) is 5.26 Å². The van der Waals surface area contributed by atoms with Gasteiger partial charge < -0.3 is 4.90 Å². The first-order valence-electron chi connectivity index (χ1n) is 6.55. The molecule has 0 aromatic heterocycles. The van der Waals surface area contributed by atoms with Gasteiger partial charge in [0.2, 0.25) is 0 Å². The molecule has 0 saturated carbocycles. The van der Waals surface area contributed by atoms with Gasteiger partial charge in [0, 0.05) is 18.6 Å². The Balaban J connectivity index is 2.34. The predicted octanol–water partition coefficient (Wildman–Crippen LogP) is 2.64. The van der Waals surface area contributed by atoms with E-state index in [0.717, 1.165) is 13.1 Å². The maximum Gasteiger partial charge on any atom is 0.146 e. The van der Waals surface area contributed by atoms with Crippen LogP contribution in [-0.4, -0.2) is 36.6 Å². The second kappa shape index (κ2) is 5.18. The van der Waals surface area contributed by atoms with Gasteiger partial charge in [-0.2, -0.15) is 5.26 Å². The third-order valence-corrected chi connectivity index (χ3v) is 4.00. The van der Waals surface area contributed by atoms with Crippen LogP contribution in [0.5, 0.6) is 0 Å². The van der Waals surface area contributed by atoms with Crippen LogP contribution >= 0.6 is 0 Å². The van der Waals surface area contributed by atoms with Crippen molar-refractivity contribution in [1.82, 2.24) is 4.90 Å². The van der Waals surface area contributed by atoms with Crippen LogP contribution in [0.25, 0.3) is 0 Å². The van der Waals surface area contributed by atoms with Crippen molar-refractivity contribution >= 4 is 5.69 Å². The number of anilines is 1. The van der Waals surface area contributed by atoms with E-state index in [1.807, 2.05) is 11.0 Å². The molecule has 1 heterocycles. The highest BCUT2D eigenvalue weighted by molar-refractivity contribution is 5.50. The Labute approximate surface area is 114 Å². The standard InChI is InChI=1S/C15H20FN3/c1-15(2)11-19(12(8-9-17)10-18(15)3)14-7-5-4-6-13(14)16/h4-7,12H,8,10-11H2,1-3H3. The number of benzene rings is 1. The van der Waals surface area contributed by atoms with Crippen molar-refractivity contribution in [2.45, 2.75) is 31.8 Å². The fraction of sp³-hybridized carbons (Fsp3) is 0.533. The quantitative estimate of drug-likeness (QED) is 0.820. The molecule has 1 fully saturated rings.